The van der Waals surface area contributed by atoms with Crippen LogP contribution in [-0.2, 0) is 0 Å². The first-order valence-electron chi connectivity index (χ1n) is 8.02. The third kappa shape index (κ3) is 4.46. The summed E-state index contributed by atoms with van der Waals surface area (Å²) in [4.78, 5) is 5.32. The number of rotatable bonds is 4. The lowest BCUT2D eigenvalue weighted by atomic mass is 9.72. The summed E-state index contributed by atoms with van der Waals surface area (Å²) in [5.41, 5.74) is 1.66. The average molecular weight is 266 g/mol. The molecule has 0 aromatic rings. The van der Waals surface area contributed by atoms with E-state index in [1.165, 1.54) is 52.1 Å². The van der Waals surface area contributed by atoms with Gasteiger partial charge in [-0.2, -0.15) is 0 Å². The second-order valence-corrected chi connectivity index (χ2v) is 9.54. The minimum absolute atomic E-state index is 0.487. The maximum Gasteiger partial charge on any atom is 0.0212 e. The zero-order valence-electron chi connectivity index (χ0n) is 14.1. The van der Waals surface area contributed by atoms with Gasteiger partial charge in [0.2, 0.25) is 0 Å². The van der Waals surface area contributed by atoms with Crippen molar-refractivity contribution in [3.05, 3.63) is 0 Å². The van der Waals surface area contributed by atoms with Gasteiger partial charge < -0.3 is 9.80 Å². The summed E-state index contributed by atoms with van der Waals surface area (Å²) < 4.78 is 0. The second kappa shape index (κ2) is 5.04. The van der Waals surface area contributed by atoms with Crippen molar-refractivity contribution in [3.8, 4) is 0 Å². The third-order valence-corrected chi connectivity index (χ3v) is 4.59. The largest absolute Gasteiger partial charge is 0.302 e. The summed E-state index contributed by atoms with van der Waals surface area (Å²) in [7, 11) is 0. The second-order valence-electron chi connectivity index (χ2n) is 9.54. The highest BCUT2D eigenvalue weighted by Gasteiger charge is 2.50. The lowest BCUT2D eigenvalue weighted by Gasteiger charge is -2.61. The molecule has 2 nitrogen and oxygen atoms in total. The van der Waals surface area contributed by atoms with E-state index in [0.29, 0.717) is 16.2 Å². The zero-order chi connectivity index (χ0) is 14.3. The van der Waals surface area contributed by atoms with E-state index in [9.17, 15) is 0 Å². The van der Waals surface area contributed by atoms with Crippen molar-refractivity contribution in [2.24, 2.45) is 16.2 Å². The molecular weight excluding hydrogens is 232 g/mol. The molecule has 0 bridgehead atoms. The highest BCUT2D eigenvalue weighted by molar-refractivity contribution is 5.05. The number of hydrogen-bond donors (Lipinski definition) is 0. The molecule has 112 valence electrons. The molecule has 2 saturated heterocycles. The zero-order valence-corrected chi connectivity index (χ0v) is 14.1. The van der Waals surface area contributed by atoms with Gasteiger partial charge in [-0.05, 0) is 36.8 Å². The first-order valence-corrected chi connectivity index (χ1v) is 8.02. The van der Waals surface area contributed by atoms with Crippen molar-refractivity contribution >= 4 is 0 Å². The summed E-state index contributed by atoms with van der Waals surface area (Å²) in [6, 6.07) is 0. The molecule has 0 amide bonds. The summed E-state index contributed by atoms with van der Waals surface area (Å²) >= 11 is 0. The molecule has 0 radical (unpaired) electrons. The lowest BCUT2D eigenvalue weighted by molar-refractivity contribution is -0.118. The molecule has 0 aromatic carbocycles. The monoisotopic (exact) mass is 266 g/mol. The van der Waals surface area contributed by atoms with Gasteiger partial charge in [0.1, 0.15) is 0 Å². The Balaban J connectivity index is 1.59. The average Bonchev–Trinajstić information content (AvgIpc) is 2.08. The van der Waals surface area contributed by atoms with Crippen LogP contribution >= 0.6 is 0 Å². The predicted molar refractivity (Wildman–Crippen MR) is 83.5 cm³/mol. The molecule has 2 heterocycles. The Morgan fingerprint density at radius 1 is 0.684 bits per heavy atom. The molecule has 0 saturated carbocycles. The van der Waals surface area contributed by atoms with Gasteiger partial charge in [-0.15, -0.1) is 0 Å². The van der Waals surface area contributed by atoms with Crippen molar-refractivity contribution < 1.29 is 0 Å². The van der Waals surface area contributed by atoms with Gasteiger partial charge in [0, 0.05) is 31.6 Å². The fraction of sp³-hybridized carbons (Fsp3) is 1.00. The molecule has 0 unspecified atom stereocenters. The molecule has 19 heavy (non-hydrogen) atoms. The number of nitrogens with zero attached hydrogens (tertiary/aromatic N) is 2. The van der Waals surface area contributed by atoms with Gasteiger partial charge in [0.05, 0.1) is 0 Å². The van der Waals surface area contributed by atoms with Crippen LogP contribution in [0.25, 0.3) is 0 Å². The van der Waals surface area contributed by atoms with Crippen molar-refractivity contribution in [3.63, 3.8) is 0 Å². The van der Waals surface area contributed by atoms with Crippen molar-refractivity contribution in [2.75, 3.05) is 39.3 Å². The van der Waals surface area contributed by atoms with Crippen LogP contribution in [-0.4, -0.2) is 49.1 Å². The number of hydrogen-bond acceptors (Lipinski definition) is 2. The van der Waals surface area contributed by atoms with Crippen LogP contribution in [0.4, 0.5) is 0 Å². The van der Waals surface area contributed by atoms with Crippen LogP contribution in [0.15, 0.2) is 0 Å². The highest BCUT2D eigenvalue weighted by Crippen LogP contribution is 2.40. The lowest BCUT2D eigenvalue weighted by Crippen LogP contribution is -2.72. The highest BCUT2D eigenvalue weighted by atomic mass is 15.3. The van der Waals surface area contributed by atoms with E-state index in [2.05, 4.69) is 51.3 Å². The SMILES string of the molecule is CC(C)(C)CCN1CC2(C1)CN(CCC(C)(C)C)C2. The van der Waals surface area contributed by atoms with Crippen LogP contribution in [0.1, 0.15) is 54.4 Å². The van der Waals surface area contributed by atoms with Crippen LogP contribution in [0.3, 0.4) is 0 Å². The Hall–Kier alpha value is -0.0800. The summed E-state index contributed by atoms with van der Waals surface area (Å²) in [5, 5.41) is 0. The molecule has 2 aliphatic heterocycles. The first kappa shape index (κ1) is 15.3. The van der Waals surface area contributed by atoms with Gasteiger partial charge in [-0.1, -0.05) is 41.5 Å². The topological polar surface area (TPSA) is 6.48 Å². The van der Waals surface area contributed by atoms with Gasteiger partial charge in [0.25, 0.3) is 0 Å². The molecule has 2 rings (SSSR count). The summed E-state index contributed by atoms with van der Waals surface area (Å²) in [5.74, 6) is 0. The molecular formula is C17H34N2. The van der Waals surface area contributed by atoms with Crippen molar-refractivity contribution in [1.29, 1.82) is 0 Å². The van der Waals surface area contributed by atoms with Crippen LogP contribution in [0, 0.1) is 16.2 Å². The summed E-state index contributed by atoms with van der Waals surface area (Å²) in [6.07, 6.45) is 2.66. The molecule has 1 spiro atoms. The molecule has 2 heteroatoms. The maximum absolute atomic E-state index is 2.66. The van der Waals surface area contributed by atoms with Gasteiger partial charge >= 0.3 is 0 Å². The van der Waals surface area contributed by atoms with Gasteiger partial charge in [-0.3, -0.25) is 0 Å². The fourth-order valence-corrected chi connectivity index (χ4v) is 3.31. The van der Waals surface area contributed by atoms with E-state index in [-0.39, 0.29) is 0 Å². The molecule has 0 N–H and O–H groups in total. The van der Waals surface area contributed by atoms with Gasteiger partial charge in [-0.25, -0.2) is 0 Å². The van der Waals surface area contributed by atoms with Crippen LogP contribution in [0.5, 0.6) is 0 Å². The molecule has 0 aliphatic carbocycles. The van der Waals surface area contributed by atoms with Crippen LogP contribution in [0.2, 0.25) is 0 Å². The normalized spacial score (nSPS) is 24.3. The Bertz CT molecular complexity index is 261. The molecule has 0 aromatic heterocycles. The van der Waals surface area contributed by atoms with E-state index in [4.69, 9.17) is 0 Å². The Labute approximate surface area is 120 Å². The molecule has 0 atom stereocenters. The van der Waals surface area contributed by atoms with Crippen molar-refractivity contribution in [1.82, 2.24) is 9.80 Å². The smallest absolute Gasteiger partial charge is 0.0212 e. The minimum atomic E-state index is 0.487. The Kier molecular flexibility index (Phi) is 4.06. The first-order chi connectivity index (χ1) is 8.57. The Morgan fingerprint density at radius 2 is 1.00 bits per heavy atom. The quantitative estimate of drug-likeness (QED) is 0.769. The minimum Gasteiger partial charge on any atom is -0.302 e. The fourth-order valence-electron chi connectivity index (χ4n) is 3.31. The van der Waals surface area contributed by atoms with E-state index in [1.807, 2.05) is 0 Å². The standard InChI is InChI=1S/C17H34N2/c1-15(2,3)7-9-18-11-17(12-18)13-19(14-17)10-8-16(4,5)6/h7-14H2,1-6H3. The predicted octanol–water partition coefficient (Wildman–Crippen LogP) is 3.48. The van der Waals surface area contributed by atoms with E-state index < -0.39 is 0 Å². The van der Waals surface area contributed by atoms with E-state index in [0.717, 1.165) is 0 Å². The van der Waals surface area contributed by atoms with E-state index >= 15 is 0 Å². The maximum atomic E-state index is 2.66. The Morgan fingerprint density at radius 3 is 1.26 bits per heavy atom. The van der Waals surface area contributed by atoms with E-state index in [1.54, 1.807) is 0 Å². The number of likely N-dealkylation sites (tertiary alicyclic amines) is 2. The summed E-state index contributed by atoms with van der Waals surface area (Å²) in [6.45, 7) is 22.1. The van der Waals surface area contributed by atoms with Crippen LogP contribution < -0.4 is 0 Å². The molecule has 2 aliphatic rings. The van der Waals surface area contributed by atoms with Crippen molar-refractivity contribution in [2.45, 2.75) is 54.4 Å². The third-order valence-electron chi connectivity index (χ3n) is 4.59. The van der Waals surface area contributed by atoms with Gasteiger partial charge in [0.15, 0.2) is 0 Å². The molecule has 2 fully saturated rings.